The zero-order valence-corrected chi connectivity index (χ0v) is 23.3. The van der Waals surface area contributed by atoms with Gasteiger partial charge in [0.1, 0.15) is 0 Å². The van der Waals surface area contributed by atoms with Crippen molar-refractivity contribution < 1.29 is 247 Å². The summed E-state index contributed by atoms with van der Waals surface area (Å²) in [4.78, 5) is 54.1. The largest absolute Gasteiger partial charge is 1.00 e. The number of rotatable bonds is 0. The Hall–Kier alpha value is 2.13. The minimum absolute atomic E-state index is 0. The molecule has 0 atom stereocenters. The van der Waals surface area contributed by atoms with E-state index in [2.05, 4.69) is 0 Å². The molecular weight excluding hydrogens is 485 g/mol. The van der Waals surface area contributed by atoms with Crippen LogP contribution in [0, 0.1) is 0 Å². The molecule has 0 aliphatic carbocycles. The van der Waals surface area contributed by atoms with Crippen LogP contribution in [-0.2, 0) is 45.8 Å². The summed E-state index contributed by atoms with van der Waals surface area (Å²) in [5.41, 5.74) is 0. The molecule has 0 fully saturated rings. The van der Waals surface area contributed by atoms with Gasteiger partial charge in [-0.1, -0.05) is 0 Å². The van der Waals surface area contributed by atoms with Crippen molar-refractivity contribution in [2.45, 2.75) is 0 Å². The van der Waals surface area contributed by atoms with Gasteiger partial charge in [0.25, 0.3) is 0 Å². The summed E-state index contributed by atoms with van der Waals surface area (Å²) in [6, 6.07) is 0. The normalized spacial score (nSPS) is 5.28. The maximum Gasteiger partial charge on any atom is 1.00 e. The van der Waals surface area contributed by atoms with Crippen LogP contribution >= 0.6 is 0 Å². The number of carboxylic acids is 6. The van der Waals surface area contributed by atoms with Crippen molar-refractivity contribution in [3.05, 3.63) is 0 Å². The number of hydrogen-bond acceptors (Lipinski definition) is 9. The molecule has 0 amide bonds. The fourth-order valence-electron chi connectivity index (χ4n) is 0. The third-order valence-electron chi connectivity index (χ3n) is 0.524. The van der Waals surface area contributed by atoms with E-state index in [1.807, 2.05) is 0 Å². The Bertz CT molecular complexity index is 292. The second kappa shape index (κ2) is 40.7. The van der Waals surface area contributed by atoms with Crippen LogP contribution in [0.2, 0.25) is 0 Å². The van der Waals surface area contributed by atoms with E-state index < -0.39 is 35.8 Å². The summed E-state index contributed by atoms with van der Waals surface area (Å²) < 4.78 is 0. The first kappa shape index (κ1) is 63.1. The van der Waals surface area contributed by atoms with Crippen molar-refractivity contribution in [1.29, 1.82) is 0 Å². The van der Waals surface area contributed by atoms with Gasteiger partial charge < -0.3 is 61.5 Å². The average Bonchev–Trinajstić information content (AvgIpc) is 2.18. The second-order valence-corrected chi connectivity index (χ2v) is 1.78. The van der Waals surface area contributed by atoms with Crippen molar-refractivity contribution in [2.75, 3.05) is 0 Å². The fraction of sp³-hybridized carbons (Fsp3) is 0. The number of aliphatic carboxylic acids is 6. The van der Waals surface area contributed by atoms with E-state index in [1.54, 1.807) is 0 Å². The zero-order valence-electron chi connectivity index (χ0n) is 12.9. The molecule has 0 bridgehead atoms. The molecule has 25 heavy (non-hydrogen) atoms. The SMILES string of the molecule is O.O.O.O=C([O-])C(=O)O.O=C([O-])C(=O)O.O=C([O-])C(=O)O.[Fe].[K+].[K+].[K+]. The first-order valence-corrected chi connectivity index (χ1v) is 3.26. The molecule has 0 aliphatic rings. The number of carboxylic acid groups (broad SMARTS) is 6. The fourth-order valence-corrected chi connectivity index (χ4v) is 0. The van der Waals surface area contributed by atoms with E-state index in [4.69, 9.17) is 59.4 Å². The Morgan fingerprint density at radius 2 is 0.520 bits per heavy atom. The molecule has 0 unspecified atom stereocenters. The van der Waals surface area contributed by atoms with Crippen LogP contribution in [0.25, 0.3) is 0 Å². The van der Waals surface area contributed by atoms with Crippen LogP contribution in [0.15, 0.2) is 0 Å². The van der Waals surface area contributed by atoms with Gasteiger partial charge in [-0.15, -0.1) is 0 Å². The van der Waals surface area contributed by atoms with Crippen LogP contribution < -0.4 is 169 Å². The van der Waals surface area contributed by atoms with Gasteiger partial charge in [-0.25, -0.2) is 14.4 Å². The number of carbonyl (C=O) groups excluding carboxylic acids is 3. The van der Waals surface area contributed by atoms with Crippen molar-refractivity contribution in [3.8, 4) is 0 Å². The smallest absolute Gasteiger partial charge is 0.539 e. The van der Waals surface area contributed by atoms with Gasteiger partial charge in [-0.05, 0) is 0 Å². The van der Waals surface area contributed by atoms with E-state index in [0.717, 1.165) is 0 Å². The topological polar surface area (TPSA) is 327 Å². The predicted molar refractivity (Wildman–Crippen MR) is 48.8 cm³/mol. The van der Waals surface area contributed by atoms with Gasteiger partial charge in [0.05, 0.1) is 0 Å². The summed E-state index contributed by atoms with van der Waals surface area (Å²) in [5.74, 6) is -12.0. The van der Waals surface area contributed by atoms with Crippen LogP contribution in [0.3, 0.4) is 0 Å². The Labute approximate surface area is 276 Å². The van der Waals surface area contributed by atoms with Crippen molar-refractivity contribution >= 4 is 35.8 Å². The summed E-state index contributed by atoms with van der Waals surface area (Å²) in [6.07, 6.45) is 0. The molecule has 134 valence electrons. The third-order valence-corrected chi connectivity index (χ3v) is 0.524. The third kappa shape index (κ3) is 76.2. The molecule has 0 aromatic carbocycles. The maximum absolute atomic E-state index is 9.04. The molecule has 19 heteroatoms. The molecule has 0 spiro atoms. The van der Waals surface area contributed by atoms with Crippen molar-refractivity contribution in [1.82, 2.24) is 0 Å². The molecule has 0 aromatic heterocycles. The quantitative estimate of drug-likeness (QED) is 0.209. The molecule has 0 heterocycles. The average molecular weight is 494 g/mol. The Balaban J connectivity index is -0.0000000148. The first-order valence-electron chi connectivity index (χ1n) is 3.26. The van der Waals surface area contributed by atoms with E-state index in [9.17, 15) is 0 Å². The Kier molecular flexibility index (Phi) is 103. The van der Waals surface area contributed by atoms with Gasteiger partial charge in [0.2, 0.25) is 0 Å². The van der Waals surface area contributed by atoms with Crippen LogP contribution in [-0.4, -0.2) is 67.6 Å². The molecule has 9 N–H and O–H groups in total. The van der Waals surface area contributed by atoms with E-state index in [-0.39, 0.29) is 188 Å². The summed E-state index contributed by atoms with van der Waals surface area (Å²) in [7, 11) is 0. The van der Waals surface area contributed by atoms with Gasteiger partial charge >= 0.3 is 172 Å². The minimum atomic E-state index is -2.07. The van der Waals surface area contributed by atoms with Crippen molar-refractivity contribution in [3.63, 3.8) is 0 Å². The summed E-state index contributed by atoms with van der Waals surface area (Å²) >= 11 is 0. The maximum atomic E-state index is 9.04. The molecule has 0 rings (SSSR count). The number of carbonyl (C=O) groups is 6. The predicted octanol–water partition coefficient (Wildman–Crippen LogP) is -18.0. The van der Waals surface area contributed by atoms with Gasteiger partial charge in [0, 0.05) is 17.1 Å². The Morgan fingerprint density at radius 3 is 0.520 bits per heavy atom. The van der Waals surface area contributed by atoms with Gasteiger partial charge in [0.15, 0.2) is 17.9 Å². The summed E-state index contributed by atoms with van der Waals surface area (Å²) in [6.45, 7) is 0. The van der Waals surface area contributed by atoms with Gasteiger partial charge in [-0.3, -0.25) is 0 Å². The molecule has 0 saturated heterocycles. The molecule has 15 nitrogen and oxygen atoms in total. The van der Waals surface area contributed by atoms with E-state index in [1.165, 1.54) is 0 Å². The standard InChI is InChI=1S/3C2H2O4.Fe.3K.3H2O/c3*3-1(4)2(5)6;;;;;;;/h3*(H,3,4)(H,5,6);;;;;3*1H2/q;;;;3*+1;;;/p-3. The van der Waals surface area contributed by atoms with Crippen molar-refractivity contribution in [2.24, 2.45) is 0 Å². The first-order chi connectivity index (χ1) is 7.93. The van der Waals surface area contributed by atoms with Crippen LogP contribution in [0.1, 0.15) is 0 Å². The van der Waals surface area contributed by atoms with Crippen LogP contribution in [0.4, 0.5) is 0 Å². The Morgan fingerprint density at radius 1 is 0.480 bits per heavy atom. The molecule has 0 saturated carbocycles. The van der Waals surface area contributed by atoms with E-state index >= 15 is 0 Å². The van der Waals surface area contributed by atoms with E-state index in [0.29, 0.717) is 0 Å². The van der Waals surface area contributed by atoms with Gasteiger partial charge in [-0.2, -0.15) is 0 Å². The van der Waals surface area contributed by atoms with Crippen LogP contribution in [0.5, 0.6) is 0 Å². The number of hydrogen-bond donors (Lipinski definition) is 3. The second-order valence-electron chi connectivity index (χ2n) is 1.78. The summed E-state index contributed by atoms with van der Waals surface area (Å²) in [5, 5.41) is 49.0. The zero-order chi connectivity index (χ0) is 15.5. The monoisotopic (exact) mass is 494 g/mol. The molecular formula is C6H9FeK3O15. The molecule has 0 radical (unpaired) electrons. The molecule has 0 aromatic rings. The molecule has 0 aliphatic heterocycles. The minimum Gasteiger partial charge on any atom is -0.539 e.